The fraction of sp³-hybridized carbons (Fsp3) is 0.0833. The molecule has 3 aromatic carbocycles. The fourth-order valence-corrected chi connectivity index (χ4v) is 2.39. The van der Waals surface area contributed by atoms with Gasteiger partial charge in [0.15, 0.2) is 5.76 Å². The van der Waals surface area contributed by atoms with Crippen molar-refractivity contribution in [3.05, 3.63) is 107 Å². The van der Waals surface area contributed by atoms with E-state index >= 15 is 0 Å². The smallest absolute Gasteiger partial charge is 0.181 e. The Hall–Kier alpha value is -3.24. The monoisotopic (exact) mass is 324 g/mol. The van der Waals surface area contributed by atoms with Crippen molar-refractivity contribution in [2.75, 3.05) is 0 Å². The number of benzene rings is 3. The van der Waals surface area contributed by atoms with Crippen LogP contribution in [0.4, 0.5) is 0 Å². The zero-order valence-corrected chi connectivity index (χ0v) is 14.5. The third kappa shape index (κ3) is 4.62. The first kappa shape index (κ1) is 16.6. The number of rotatable bonds is 3. The Morgan fingerprint density at radius 1 is 0.760 bits per heavy atom. The molecule has 0 unspecified atom stereocenters. The zero-order valence-electron chi connectivity index (χ0n) is 14.5. The molecule has 0 aliphatic heterocycles. The molecule has 0 saturated carbocycles. The Bertz CT molecular complexity index is 909. The summed E-state index contributed by atoms with van der Waals surface area (Å²) in [5.41, 5.74) is 4.33. The van der Waals surface area contributed by atoms with Gasteiger partial charge in [0.05, 0.1) is 0 Å². The van der Waals surface area contributed by atoms with Gasteiger partial charge in [-0.2, -0.15) is 0 Å². The molecule has 3 aromatic rings. The topological polar surface area (TPSA) is 9.23 Å². The summed E-state index contributed by atoms with van der Waals surface area (Å²) in [6.45, 7) is 4.13. The van der Waals surface area contributed by atoms with Gasteiger partial charge >= 0.3 is 0 Å². The Balaban J connectivity index is 2.00. The highest BCUT2D eigenvalue weighted by Gasteiger charge is 2.06. The Morgan fingerprint density at radius 3 is 2.00 bits per heavy atom. The second kappa shape index (κ2) is 8.04. The second-order valence-electron chi connectivity index (χ2n) is 5.85. The summed E-state index contributed by atoms with van der Waals surface area (Å²) in [6, 6.07) is 28.1. The lowest BCUT2D eigenvalue weighted by Gasteiger charge is -2.10. The lowest BCUT2D eigenvalue weighted by atomic mass is 10.0. The molecule has 0 saturated heterocycles. The summed E-state index contributed by atoms with van der Waals surface area (Å²) in [6.07, 6.45) is 0. The number of para-hydroxylation sites is 1. The maximum Gasteiger partial charge on any atom is 0.181 e. The lowest BCUT2D eigenvalue weighted by Crippen LogP contribution is -1.97. The van der Waals surface area contributed by atoms with Crippen LogP contribution in [0, 0.1) is 18.8 Å². The number of hydrogen-bond donors (Lipinski definition) is 0. The molecule has 0 aliphatic carbocycles. The molecule has 0 aromatic heterocycles. The summed E-state index contributed by atoms with van der Waals surface area (Å²) in [4.78, 5) is 0. The highest BCUT2D eigenvalue weighted by molar-refractivity contribution is 5.70. The van der Waals surface area contributed by atoms with Crippen LogP contribution in [-0.2, 0) is 0 Å². The van der Waals surface area contributed by atoms with Gasteiger partial charge in [-0.25, -0.2) is 0 Å². The molecule has 0 fully saturated rings. The number of hydrogen-bond acceptors (Lipinski definition) is 1. The van der Waals surface area contributed by atoms with Gasteiger partial charge in [-0.1, -0.05) is 72.1 Å². The maximum atomic E-state index is 6.09. The molecule has 0 spiro atoms. The predicted octanol–water partition coefficient (Wildman–Crippen LogP) is 5.86. The van der Waals surface area contributed by atoms with Gasteiger partial charge in [0.2, 0.25) is 0 Å². The standard InChI is InChI=1S/C24H20O/c1-19-13-16-22(17-14-19)20(2)24(25-23-11-7-4-8-12-23)18-15-21-9-5-3-6-10-21/h3-14,16-17H,1-2H3/b24-20-. The molecule has 0 bridgehead atoms. The summed E-state index contributed by atoms with van der Waals surface area (Å²) >= 11 is 0. The molecule has 0 heterocycles. The molecule has 122 valence electrons. The average molecular weight is 324 g/mol. The van der Waals surface area contributed by atoms with Crippen LogP contribution >= 0.6 is 0 Å². The molecular weight excluding hydrogens is 304 g/mol. The Kier molecular flexibility index (Phi) is 5.34. The lowest BCUT2D eigenvalue weighted by molar-refractivity contribution is 0.452. The van der Waals surface area contributed by atoms with E-state index in [4.69, 9.17) is 4.74 Å². The SMILES string of the molecule is C/C(=C(\C#Cc1ccccc1)Oc1ccccc1)c1ccc(C)cc1. The molecule has 0 atom stereocenters. The third-order valence-electron chi connectivity index (χ3n) is 3.88. The van der Waals surface area contributed by atoms with Crippen LogP contribution in [-0.4, -0.2) is 0 Å². The average Bonchev–Trinajstić information content (AvgIpc) is 2.67. The summed E-state index contributed by atoms with van der Waals surface area (Å²) in [7, 11) is 0. The van der Waals surface area contributed by atoms with E-state index in [0.717, 1.165) is 22.4 Å². The van der Waals surface area contributed by atoms with Crippen molar-refractivity contribution in [1.29, 1.82) is 0 Å². The molecule has 3 rings (SSSR count). The van der Waals surface area contributed by atoms with Gasteiger partial charge in [0, 0.05) is 11.1 Å². The number of ether oxygens (including phenoxy) is 1. The van der Waals surface area contributed by atoms with Gasteiger partial charge in [-0.05, 0) is 49.6 Å². The molecule has 1 nitrogen and oxygen atoms in total. The van der Waals surface area contributed by atoms with Crippen LogP contribution in [0.1, 0.15) is 23.6 Å². The normalized spacial score (nSPS) is 11.1. The fourth-order valence-electron chi connectivity index (χ4n) is 2.39. The summed E-state index contributed by atoms with van der Waals surface area (Å²) in [5.74, 6) is 7.85. The van der Waals surface area contributed by atoms with Crippen molar-refractivity contribution in [2.45, 2.75) is 13.8 Å². The second-order valence-corrected chi connectivity index (χ2v) is 5.85. The van der Waals surface area contributed by atoms with E-state index in [1.807, 2.05) is 67.6 Å². The first-order valence-corrected chi connectivity index (χ1v) is 8.30. The van der Waals surface area contributed by atoms with Crippen molar-refractivity contribution in [3.63, 3.8) is 0 Å². The van der Waals surface area contributed by atoms with Crippen LogP contribution in [0.2, 0.25) is 0 Å². The predicted molar refractivity (Wildman–Crippen MR) is 104 cm³/mol. The van der Waals surface area contributed by atoms with E-state index in [1.54, 1.807) is 0 Å². The molecule has 0 amide bonds. The van der Waals surface area contributed by atoms with Crippen molar-refractivity contribution in [3.8, 4) is 17.6 Å². The summed E-state index contributed by atoms with van der Waals surface area (Å²) in [5, 5.41) is 0. The van der Waals surface area contributed by atoms with Crippen LogP contribution in [0.5, 0.6) is 5.75 Å². The molecule has 0 radical (unpaired) electrons. The van der Waals surface area contributed by atoms with Gasteiger partial charge in [-0.3, -0.25) is 0 Å². The van der Waals surface area contributed by atoms with Gasteiger partial charge in [0.1, 0.15) is 5.75 Å². The van der Waals surface area contributed by atoms with E-state index < -0.39 is 0 Å². The molecule has 1 heteroatoms. The van der Waals surface area contributed by atoms with Crippen molar-refractivity contribution in [2.24, 2.45) is 0 Å². The number of aryl methyl sites for hydroxylation is 1. The first-order valence-electron chi connectivity index (χ1n) is 8.30. The largest absolute Gasteiger partial charge is 0.448 e. The summed E-state index contributed by atoms with van der Waals surface area (Å²) < 4.78 is 6.09. The zero-order chi connectivity index (χ0) is 17.5. The van der Waals surface area contributed by atoms with Crippen molar-refractivity contribution >= 4 is 5.57 Å². The third-order valence-corrected chi connectivity index (χ3v) is 3.88. The van der Waals surface area contributed by atoms with Crippen molar-refractivity contribution < 1.29 is 4.74 Å². The van der Waals surface area contributed by atoms with E-state index in [9.17, 15) is 0 Å². The highest BCUT2D eigenvalue weighted by atomic mass is 16.5. The minimum Gasteiger partial charge on any atom is -0.448 e. The van der Waals surface area contributed by atoms with Gasteiger partial charge in [0.25, 0.3) is 0 Å². The minimum atomic E-state index is 0.666. The van der Waals surface area contributed by atoms with Crippen LogP contribution < -0.4 is 4.74 Å². The quantitative estimate of drug-likeness (QED) is 0.433. The van der Waals surface area contributed by atoms with E-state index in [2.05, 4.69) is 43.0 Å². The molecule has 25 heavy (non-hydrogen) atoms. The first-order chi connectivity index (χ1) is 12.2. The van der Waals surface area contributed by atoms with Gasteiger partial charge < -0.3 is 4.74 Å². The highest BCUT2D eigenvalue weighted by Crippen LogP contribution is 2.22. The van der Waals surface area contributed by atoms with Gasteiger partial charge in [-0.15, -0.1) is 0 Å². The Labute approximate surface area is 149 Å². The molecule has 0 aliphatic rings. The minimum absolute atomic E-state index is 0.666. The van der Waals surface area contributed by atoms with Crippen LogP contribution in [0.15, 0.2) is 90.7 Å². The number of allylic oxidation sites excluding steroid dienone is 2. The molecular formula is C24H20O. The van der Waals surface area contributed by atoms with E-state index in [0.29, 0.717) is 5.76 Å². The van der Waals surface area contributed by atoms with Crippen LogP contribution in [0.25, 0.3) is 5.57 Å². The van der Waals surface area contributed by atoms with E-state index in [-0.39, 0.29) is 0 Å². The van der Waals surface area contributed by atoms with E-state index in [1.165, 1.54) is 5.56 Å². The van der Waals surface area contributed by atoms with Crippen LogP contribution in [0.3, 0.4) is 0 Å². The Morgan fingerprint density at radius 2 is 1.36 bits per heavy atom. The van der Waals surface area contributed by atoms with Crippen molar-refractivity contribution in [1.82, 2.24) is 0 Å². The molecule has 0 N–H and O–H groups in total. The maximum absolute atomic E-state index is 6.09.